The lowest BCUT2D eigenvalue weighted by molar-refractivity contribution is 0.682. The van der Waals surface area contributed by atoms with E-state index in [0.717, 1.165) is 0 Å². The monoisotopic (exact) mass is 222 g/mol. The summed E-state index contributed by atoms with van der Waals surface area (Å²) in [7, 11) is -1.64. The second kappa shape index (κ2) is 2.96. The Bertz CT molecular complexity index is 56.9. The lowest BCUT2D eigenvalue weighted by atomic mass is 11.9. The molecule has 0 aromatic heterocycles. The molecule has 0 atom stereocenters. The molecule has 0 aromatic carbocycles. The first kappa shape index (κ1) is 9.99. The Balaban J connectivity index is 0. The molecule has 0 amide bonds. The van der Waals surface area contributed by atoms with E-state index in [9.17, 15) is 4.21 Å². The molecule has 0 saturated carbocycles. The van der Waals surface area contributed by atoms with Crippen LogP contribution in [0.1, 0.15) is 0 Å². The number of halogens is 1. The minimum atomic E-state index is -1.64. The summed E-state index contributed by atoms with van der Waals surface area (Å²) in [5.41, 5.74) is 0. The van der Waals surface area contributed by atoms with Crippen LogP contribution in [0.5, 0.6) is 0 Å². The van der Waals surface area contributed by atoms with E-state index >= 15 is 0 Å². The van der Waals surface area contributed by atoms with Gasteiger partial charge in [0.2, 0.25) is 0 Å². The Morgan fingerprint density at radius 2 is 1.17 bits per heavy atom. The summed E-state index contributed by atoms with van der Waals surface area (Å²) in [6, 6.07) is 0. The zero-order valence-corrected chi connectivity index (χ0v) is 7.49. The highest BCUT2D eigenvalue weighted by molar-refractivity contribution is 14.0. The van der Waals surface area contributed by atoms with Gasteiger partial charge >= 0.3 is 0 Å². The molecule has 0 aliphatic carbocycles. The molecule has 0 N–H and O–H groups in total. The lowest BCUT2D eigenvalue weighted by Gasteiger charge is -1.95. The van der Waals surface area contributed by atoms with E-state index in [1.807, 2.05) is 0 Å². The van der Waals surface area contributed by atoms with E-state index < -0.39 is 9.93 Å². The first-order valence-corrected chi connectivity index (χ1v) is 4.57. The average molecular weight is 222 g/mol. The van der Waals surface area contributed by atoms with Crippen molar-refractivity contribution < 1.29 is 4.21 Å². The quantitative estimate of drug-likeness (QED) is 0.467. The minimum Gasteiger partial charge on any atom is -0.286 e. The van der Waals surface area contributed by atoms with Crippen LogP contribution in [-0.4, -0.2) is 23.0 Å². The van der Waals surface area contributed by atoms with E-state index in [1.165, 1.54) is 0 Å². The Morgan fingerprint density at radius 1 is 1.17 bits per heavy atom. The molecule has 0 spiro atoms. The maximum absolute atomic E-state index is 10.2. The number of rotatable bonds is 0. The van der Waals surface area contributed by atoms with E-state index in [-0.39, 0.29) is 24.0 Å². The van der Waals surface area contributed by atoms with Gasteiger partial charge in [0, 0.05) is 0 Å². The molecule has 0 aliphatic heterocycles. The fraction of sp³-hybridized carbons (Fsp3) is 1.00. The molecule has 0 aliphatic rings. The standard InChI is InChI=1S/C3H10OS.HI/c1-5(2,3)4;/h5H,1-3H3;1H. The van der Waals surface area contributed by atoms with Crippen molar-refractivity contribution in [1.29, 1.82) is 0 Å². The van der Waals surface area contributed by atoms with Crippen LogP contribution in [0.25, 0.3) is 0 Å². The summed E-state index contributed by atoms with van der Waals surface area (Å²) in [4.78, 5) is 0. The van der Waals surface area contributed by atoms with E-state index in [1.54, 1.807) is 18.8 Å². The van der Waals surface area contributed by atoms with Crippen LogP contribution < -0.4 is 0 Å². The van der Waals surface area contributed by atoms with Crippen LogP contribution in [0.4, 0.5) is 0 Å². The zero-order valence-electron chi connectivity index (χ0n) is 4.26. The predicted octanol–water partition coefficient (Wildman–Crippen LogP) is 0.510. The first-order valence-electron chi connectivity index (χ1n) is 1.52. The third kappa shape index (κ3) is 94.9. The van der Waals surface area contributed by atoms with Crippen molar-refractivity contribution in [3.8, 4) is 0 Å². The number of thiol groups is 1. The highest BCUT2D eigenvalue weighted by Crippen LogP contribution is 1.76. The topological polar surface area (TPSA) is 17.1 Å². The van der Waals surface area contributed by atoms with Gasteiger partial charge < -0.3 is 0 Å². The molecule has 0 radical (unpaired) electrons. The third-order valence-corrected chi connectivity index (χ3v) is 0. The Kier molecular flexibility index (Phi) is 4.92. The van der Waals surface area contributed by atoms with Crippen molar-refractivity contribution in [3.63, 3.8) is 0 Å². The zero-order chi connectivity index (χ0) is 4.50. The third-order valence-electron chi connectivity index (χ3n) is 0. The fourth-order valence-electron chi connectivity index (χ4n) is 0. The van der Waals surface area contributed by atoms with Crippen LogP contribution in [-0.2, 0) is 9.93 Å². The minimum absolute atomic E-state index is 0. The molecule has 0 fully saturated rings. The molecule has 0 aromatic rings. The summed E-state index contributed by atoms with van der Waals surface area (Å²) in [5.74, 6) is 0. The number of hydrogen-bond acceptors (Lipinski definition) is 1. The van der Waals surface area contributed by atoms with Gasteiger partial charge in [0.25, 0.3) is 0 Å². The van der Waals surface area contributed by atoms with Crippen molar-refractivity contribution in [1.82, 2.24) is 0 Å². The highest BCUT2D eigenvalue weighted by Gasteiger charge is 1.79. The van der Waals surface area contributed by atoms with Gasteiger partial charge in [-0.3, -0.25) is 4.21 Å². The molecule has 0 bridgehead atoms. The summed E-state index contributed by atoms with van der Waals surface area (Å²) < 4.78 is 10.2. The van der Waals surface area contributed by atoms with Crippen molar-refractivity contribution in [3.05, 3.63) is 0 Å². The molecule has 6 heavy (non-hydrogen) atoms. The molecule has 42 valence electrons. The van der Waals surface area contributed by atoms with Crippen LogP contribution in [0.2, 0.25) is 0 Å². The van der Waals surface area contributed by atoms with Gasteiger partial charge in [-0.15, -0.1) is 33.9 Å². The largest absolute Gasteiger partial charge is 0.286 e. The second-order valence-corrected chi connectivity index (χ2v) is 5.67. The summed E-state index contributed by atoms with van der Waals surface area (Å²) in [5, 5.41) is 0. The van der Waals surface area contributed by atoms with Crippen LogP contribution in [0.3, 0.4) is 0 Å². The van der Waals surface area contributed by atoms with Crippen LogP contribution >= 0.6 is 24.0 Å². The van der Waals surface area contributed by atoms with Gasteiger partial charge in [0.05, 0.1) is 0 Å². The normalized spacial score (nSPS) is 12.5. The van der Waals surface area contributed by atoms with Gasteiger partial charge in [-0.05, 0) is 18.8 Å². The van der Waals surface area contributed by atoms with Gasteiger partial charge in [-0.2, -0.15) is 0 Å². The van der Waals surface area contributed by atoms with Crippen molar-refractivity contribution >= 4 is 33.9 Å². The van der Waals surface area contributed by atoms with E-state index in [4.69, 9.17) is 0 Å². The Morgan fingerprint density at radius 3 is 1.17 bits per heavy atom. The molecular weight excluding hydrogens is 211 g/mol. The molecule has 3 heteroatoms. The average Bonchev–Trinajstić information content (AvgIpc) is 0.722. The van der Waals surface area contributed by atoms with Crippen molar-refractivity contribution in [2.24, 2.45) is 0 Å². The molecule has 0 rings (SSSR count). The Hall–Kier alpha value is 0.880. The van der Waals surface area contributed by atoms with Gasteiger partial charge in [-0.25, -0.2) is 0 Å². The maximum Gasteiger partial charge on any atom is -0.0108 e. The van der Waals surface area contributed by atoms with Gasteiger partial charge in [0.1, 0.15) is 0 Å². The van der Waals surface area contributed by atoms with Crippen molar-refractivity contribution in [2.45, 2.75) is 0 Å². The maximum atomic E-state index is 10.2. The summed E-state index contributed by atoms with van der Waals surface area (Å²) >= 11 is 0. The molecule has 1 nitrogen and oxygen atoms in total. The number of hydrogen-bond donors (Lipinski definition) is 1. The van der Waals surface area contributed by atoms with Crippen molar-refractivity contribution in [2.75, 3.05) is 18.8 Å². The Labute approximate surface area is 57.0 Å². The molecule has 0 unspecified atom stereocenters. The van der Waals surface area contributed by atoms with E-state index in [0.29, 0.717) is 0 Å². The summed E-state index contributed by atoms with van der Waals surface area (Å²) in [6.45, 7) is 0. The highest BCUT2D eigenvalue weighted by atomic mass is 127. The predicted molar refractivity (Wildman–Crippen MR) is 42.7 cm³/mol. The van der Waals surface area contributed by atoms with Gasteiger partial charge in [-0.1, -0.05) is 0 Å². The molecule has 0 heterocycles. The summed E-state index contributed by atoms with van der Waals surface area (Å²) in [6.07, 6.45) is 5.23. The SMILES string of the molecule is C[SH](C)(C)=O.I. The lowest BCUT2D eigenvalue weighted by Crippen LogP contribution is -1.99. The first-order chi connectivity index (χ1) is 2.00. The second-order valence-electron chi connectivity index (χ2n) is 1.89. The van der Waals surface area contributed by atoms with Crippen LogP contribution in [0, 0.1) is 0 Å². The molecular formula is C3H11IOS. The fourth-order valence-corrected chi connectivity index (χ4v) is 0. The van der Waals surface area contributed by atoms with Crippen LogP contribution in [0.15, 0.2) is 0 Å². The smallest absolute Gasteiger partial charge is 0.0108 e. The molecule has 0 saturated heterocycles. The van der Waals surface area contributed by atoms with Gasteiger partial charge in [0.15, 0.2) is 0 Å². The van der Waals surface area contributed by atoms with E-state index in [2.05, 4.69) is 0 Å².